The Bertz CT molecular complexity index is 1020. The van der Waals surface area contributed by atoms with E-state index in [0.29, 0.717) is 29.6 Å². The molecule has 0 saturated heterocycles. The number of rotatable bonds is 8. The maximum atomic E-state index is 12.3. The van der Waals surface area contributed by atoms with Crippen LogP contribution in [0.5, 0.6) is 5.75 Å². The molecule has 0 aliphatic rings. The fourth-order valence-corrected chi connectivity index (χ4v) is 2.82. The Morgan fingerprint density at radius 1 is 1.15 bits per heavy atom. The summed E-state index contributed by atoms with van der Waals surface area (Å²) in [7, 11) is 1.61. The van der Waals surface area contributed by atoms with Crippen molar-refractivity contribution in [3.8, 4) is 5.75 Å². The normalized spacial score (nSPS) is 10.7. The summed E-state index contributed by atoms with van der Waals surface area (Å²) in [5, 5.41) is 2.81. The second kappa shape index (κ2) is 8.35. The minimum absolute atomic E-state index is 0.0840. The van der Waals surface area contributed by atoms with Crippen LogP contribution in [-0.4, -0.2) is 30.3 Å². The van der Waals surface area contributed by atoms with Crippen molar-refractivity contribution in [2.24, 2.45) is 0 Å². The van der Waals surface area contributed by atoms with Crippen molar-refractivity contribution < 1.29 is 18.7 Å². The number of hydrogen-bond acceptors (Lipinski definition) is 5. The van der Waals surface area contributed by atoms with Crippen molar-refractivity contribution in [2.45, 2.75) is 19.3 Å². The van der Waals surface area contributed by atoms with Crippen LogP contribution in [-0.2, 0) is 11.2 Å². The van der Waals surface area contributed by atoms with Gasteiger partial charge < -0.3 is 14.5 Å². The van der Waals surface area contributed by atoms with Gasteiger partial charge in [-0.05, 0) is 36.2 Å². The minimum Gasteiger partial charge on any atom is -0.496 e. The van der Waals surface area contributed by atoms with Crippen molar-refractivity contribution in [3.05, 3.63) is 64.1 Å². The number of aromatic amines is 1. The molecule has 1 heterocycles. The number of methoxy groups -OCH3 is 1. The number of nitrogens with one attached hydrogen (secondary N) is 2. The summed E-state index contributed by atoms with van der Waals surface area (Å²) in [6.45, 7) is 0.466. The molecular formula is C20H20N2O5. The van der Waals surface area contributed by atoms with E-state index in [0.717, 1.165) is 11.3 Å². The lowest BCUT2D eigenvalue weighted by Gasteiger charge is -2.09. The van der Waals surface area contributed by atoms with E-state index in [-0.39, 0.29) is 24.5 Å². The minimum atomic E-state index is -0.566. The van der Waals surface area contributed by atoms with Gasteiger partial charge >= 0.3 is 5.76 Å². The number of fused-ring (bicyclic) bond motifs is 1. The monoisotopic (exact) mass is 368 g/mol. The number of amides is 1. The van der Waals surface area contributed by atoms with Crippen LogP contribution >= 0.6 is 0 Å². The van der Waals surface area contributed by atoms with Crippen molar-refractivity contribution in [1.29, 1.82) is 0 Å². The topological polar surface area (TPSA) is 101 Å². The van der Waals surface area contributed by atoms with Crippen LogP contribution in [0, 0.1) is 0 Å². The molecule has 0 fully saturated rings. The average Bonchev–Trinajstić information content (AvgIpc) is 3.05. The number of H-pyrrole nitrogens is 1. The highest BCUT2D eigenvalue weighted by atomic mass is 16.5. The van der Waals surface area contributed by atoms with Crippen molar-refractivity contribution >= 4 is 22.8 Å². The Hall–Kier alpha value is -3.35. The fraction of sp³-hybridized carbons (Fsp3) is 0.250. The summed E-state index contributed by atoms with van der Waals surface area (Å²) in [5.41, 5.74) is 2.28. The number of Topliss-reactive ketones (excluding diaryl/α,β-unsaturated/α-hetero) is 1. The number of hydrogen-bond donors (Lipinski definition) is 2. The second-order valence-electron chi connectivity index (χ2n) is 6.06. The number of benzene rings is 2. The lowest BCUT2D eigenvalue weighted by atomic mass is 10.1. The number of carbonyl (C=O) groups excluding carboxylic acids is 2. The molecule has 0 aliphatic heterocycles. The molecule has 3 aromatic rings. The third kappa shape index (κ3) is 4.63. The van der Waals surface area contributed by atoms with E-state index >= 15 is 0 Å². The summed E-state index contributed by atoms with van der Waals surface area (Å²) in [5.74, 6) is -0.147. The van der Waals surface area contributed by atoms with Gasteiger partial charge in [-0.15, -0.1) is 0 Å². The summed E-state index contributed by atoms with van der Waals surface area (Å²) < 4.78 is 10.2. The Labute approximate surface area is 155 Å². The summed E-state index contributed by atoms with van der Waals surface area (Å²) in [4.78, 5) is 37.9. The predicted octanol–water partition coefficient (Wildman–Crippen LogP) is 2.45. The quantitative estimate of drug-likeness (QED) is 0.595. The molecule has 7 heteroatoms. The number of ketones is 1. The van der Waals surface area contributed by atoms with Gasteiger partial charge in [-0.2, -0.15) is 0 Å². The van der Waals surface area contributed by atoms with E-state index in [1.165, 1.54) is 6.07 Å². The highest BCUT2D eigenvalue weighted by Crippen LogP contribution is 2.17. The number of carbonyl (C=O) groups is 2. The molecule has 0 radical (unpaired) electrons. The maximum Gasteiger partial charge on any atom is 0.417 e. The highest BCUT2D eigenvalue weighted by Gasteiger charge is 2.12. The van der Waals surface area contributed by atoms with E-state index in [4.69, 9.17) is 9.15 Å². The van der Waals surface area contributed by atoms with Gasteiger partial charge in [-0.25, -0.2) is 4.79 Å². The molecule has 0 saturated carbocycles. The van der Waals surface area contributed by atoms with Crippen molar-refractivity contribution in [3.63, 3.8) is 0 Å². The zero-order valence-electron chi connectivity index (χ0n) is 14.9. The summed E-state index contributed by atoms with van der Waals surface area (Å²) in [6.07, 6.45) is 0.827. The van der Waals surface area contributed by atoms with Gasteiger partial charge in [-0.1, -0.05) is 18.2 Å². The van der Waals surface area contributed by atoms with E-state index in [1.54, 1.807) is 19.2 Å². The first-order chi connectivity index (χ1) is 13.1. The van der Waals surface area contributed by atoms with Crippen LogP contribution in [0.25, 0.3) is 11.1 Å². The number of aromatic nitrogens is 1. The summed E-state index contributed by atoms with van der Waals surface area (Å²) >= 11 is 0. The molecule has 1 amide bonds. The van der Waals surface area contributed by atoms with Crippen LogP contribution in [0.2, 0.25) is 0 Å². The molecule has 0 unspecified atom stereocenters. The molecule has 140 valence electrons. The SMILES string of the molecule is COc1ccccc1CCNC(=O)CCC(=O)c1ccc2[nH]c(=O)oc2c1. The zero-order valence-corrected chi connectivity index (χ0v) is 14.9. The lowest BCUT2D eigenvalue weighted by molar-refractivity contribution is -0.121. The molecule has 0 spiro atoms. The van der Waals surface area contributed by atoms with Crippen molar-refractivity contribution in [2.75, 3.05) is 13.7 Å². The van der Waals surface area contributed by atoms with Crippen LogP contribution in [0.1, 0.15) is 28.8 Å². The second-order valence-corrected chi connectivity index (χ2v) is 6.06. The van der Waals surface area contributed by atoms with Crippen LogP contribution in [0.15, 0.2) is 51.7 Å². The fourth-order valence-electron chi connectivity index (χ4n) is 2.82. The molecule has 0 atom stereocenters. The molecule has 2 N–H and O–H groups in total. The molecule has 0 aliphatic carbocycles. The van der Waals surface area contributed by atoms with E-state index in [9.17, 15) is 14.4 Å². The average molecular weight is 368 g/mol. The van der Waals surface area contributed by atoms with Crippen LogP contribution in [0.3, 0.4) is 0 Å². The first-order valence-electron chi connectivity index (χ1n) is 8.61. The van der Waals surface area contributed by atoms with Crippen LogP contribution in [0.4, 0.5) is 0 Å². The standard InChI is InChI=1S/C20H20N2O5/c1-26-17-5-3-2-4-13(17)10-11-21-19(24)9-8-16(23)14-6-7-15-18(12-14)27-20(25)22-15/h2-7,12H,8-11H2,1H3,(H,21,24)(H,22,25). The Morgan fingerprint density at radius 2 is 1.96 bits per heavy atom. The van der Waals surface area contributed by atoms with Gasteiger partial charge in [0.25, 0.3) is 0 Å². The molecule has 7 nitrogen and oxygen atoms in total. The molecule has 27 heavy (non-hydrogen) atoms. The molecular weight excluding hydrogens is 348 g/mol. The third-order valence-corrected chi connectivity index (χ3v) is 4.23. The van der Waals surface area contributed by atoms with Gasteiger partial charge in [0.2, 0.25) is 5.91 Å². The Kier molecular flexibility index (Phi) is 5.71. The van der Waals surface area contributed by atoms with Gasteiger partial charge in [0, 0.05) is 24.9 Å². The van der Waals surface area contributed by atoms with Crippen LogP contribution < -0.4 is 15.8 Å². The van der Waals surface area contributed by atoms with Gasteiger partial charge in [0.05, 0.1) is 12.6 Å². The van der Waals surface area contributed by atoms with E-state index < -0.39 is 5.76 Å². The molecule has 3 rings (SSSR count). The highest BCUT2D eigenvalue weighted by molar-refractivity contribution is 6.00. The van der Waals surface area contributed by atoms with Gasteiger partial charge in [0.15, 0.2) is 11.4 Å². The maximum absolute atomic E-state index is 12.3. The van der Waals surface area contributed by atoms with Gasteiger partial charge in [-0.3, -0.25) is 14.6 Å². The number of ether oxygens (including phenoxy) is 1. The number of oxazole rings is 1. The first kappa shape index (κ1) is 18.4. The summed E-state index contributed by atoms with van der Waals surface area (Å²) in [6, 6.07) is 12.4. The molecule has 1 aromatic heterocycles. The van der Waals surface area contributed by atoms with E-state index in [1.807, 2.05) is 24.3 Å². The number of para-hydroxylation sites is 1. The smallest absolute Gasteiger partial charge is 0.417 e. The first-order valence-corrected chi connectivity index (χ1v) is 8.61. The van der Waals surface area contributed by atoms with Gasteiger partial charge in [0.1, 0.15) is 5.75 Å². The molecule has 0 bridgehead atoms. The Balaban J connectivity index is 1.48. The zero-order chi connectivity index (χ0) is 19.2. The van der Waals surface area contributed by atoms with E-state index in [2.05, 4.69) is 10.3 Å². The predicted molar refractivity (Wildman–Crippen MR) is 100 cm³/mol. The largest absolute Gasteiger partial charge is 0.496 e. The molecule has 2 aromatic carbocycles. The third-order valence-electron chi connectivity index (χ3n) is 4.23. The lowest BCUT2D eigenvalue weighted by Crippen LogP contribution is -2.26. The van der Waals surface area contributed by atoms with Crippen molar-refractivity contribution in [1.82, 2.24) is 10.3 Å². The Morgan fingerprint density at radius 3 is 2.78 bits per heavy atom.